The van der Waals surface area contributed by atoms with Crippen molar-refractivity contribution >= 4 is 28.8 Å². The summed E-state index contributed by atoms with van der Waals surface area (Å²) in [6, 6.07) is 11.9. The summed E-state index contributed by atoms with van der Waals surface area (Å²) in [6.45, 7) is 1.99. The highest BCUT2D eigenvalue weighted by atomic mass is 32.1. The third kappa shape index (κ3) is 4.25. The Morgan fingerprint density at radius 1 is 1.19 bits per heavy atom. The minimum absolute atomic E-state index is 0.138. The van der Waals surface area contributed by atoms with Crippen molar-refractivity contribution in [2.45, 2.75) is 19.3 Å². The molecule has 0 unspecified atom stereocenters. The fourth-order valence-electron chi connectivity index (χ4n) is 3.65. The van der Waals surface area contributed by atoms with Gasteiger partial charge in [-0.3, -0.25) is 9.59 Å². The van der Waals surface area contributed by atoms with Crippen molar-refractivity contribution in [3.05, 3.63) is 64.1 Å². The lowest BCUT2D eigenvalue weighted by atomic mass is 9.89. The molecule has 0 radical (unpaired) electrons. The van der Waals surface area contributed by atoms with Crippen molar-refractivity contribution in [1.82, 2.24) is 0 Å². The van der Waals surface area contributed by atoms with Gasteiger partial charge in [0.1, 0.15) is 5.82 Å². The number of anilines is 1. The van der Waals surface area contributed by atoms with Gasteiger partial charge in [-0.1, -0.05) is 24.3 Å². The van der Waals surface area contributed by atoms with E-state index < -0.39 is 5.91 Å². The Bertz CT molecular complexity index is 1140. The SMILES string of the molecule is CCOc1cc([C@@H]2CC(=O)Nc3c(-c4ccccc4F)csc32)ccc1OCC(N)=O. The molecule has 2 aromatic carbocycles. The zero-order valence-corrected chi connectivity index (χ0v) is 17.6. The number of primary amides is 1. The smallest absolute Gasteiger partial charge is 0.255 e. The van der Waals surface area contributed by atoms with E-state index in [1.165, 1.54) is 17.4 Å². The molecule has 6 nitrogen and oxygen atoms in total. The molecule has 2 heterocycles. The maximum absolute atomic E-state index is 14.4. The number of ether oxygens (including phenoxy) is 2. The Kier molecular flexibility index (Phi) is 5.90. The molecule has 0 saturated heterocycles. The Labute approximate surface area is 182 Å². The maximum atomic E-state index is 14.4. The van der Waals surface area contributed by atoms with Gasteiger partial charge >= 0.3 is 0 Å². The molecule has 0 bridgehead atoms. The zero-order valence-electron chi connectivity index (χ0n) is 16.8. The van der Waals surface area contributed by atoms with Crippen molar-refractivity contribution in [3.8, 4) is 22.6 Å². The molecular formula is C23H21FN2O4S. The second-order valence-corrected chi connectivity index (χ2v) is 7.98. The summed E-state index contributed by atoms with van der Waals surface area (Å²) in [5.74, 6) is -0.393. The van der Waals surface area contributed by atoms with Crippen LogP contribution in [0.4, 0.5) is 10.1 Å². The fraction of sp³-hybridized carbons (Fsp3) is 0.217. The Balaban J connectivity index is 1.73. The Morgan fingerprint density at radius 2 is 2.00 bits per heavy atom. The molecule has 2 amide bonds. The lowest BCUT2D eigenvalue weighted by Crippen LogP contribution is -2.22. The van der Waals surface area contributed by atoms with Gasteiger partial charge in [-0.25, -0.2) is 4.39 Å². The largest absolute Gasteiger partial charge is 0.490 e. The number of fused-ring (bicyclic) bond motifs is 1. The average molecular weight is 440 g/mol. The molecular weight excluding hydrogens is 419 g/mol. The molecule has 0 aliphatic carbocycles. The molecule has 0 fully saturated rings. The number of rotatable bonds is 7. The van der Waals surface area contributed by atoms with Gasteiger partial charge in [0.05, 0.1) is 12.3 Å². The highest BCUT2D eigenvalue weighted by molar-refractivity contribution is 7.11. The number of thiophene rings is 1. The van der Waals surface area contributed by atoms with Gasteiger partial charge in [0.15, 0.2) is 18.1 Å². The van der Waals surface area contributed by atoms with Gasteiger partial charge in [-0.15, -0.1) is 11.3 Å². The first-order chi connectivity index (χ1) is 15.0. The zero-order chi connectivity index (χ0) is 22.0. The van der Waals surface area contributed by atoms with Crippen molar-refractivity contribution in [3.63, 3.8) is 0 Å². The van der Waals surface area contributed by atoms with Crippen LogP contribution in [0.5, 0.6) is 11.5 Å². The summed E-state index contributed by atoms with van der Waals surface area (Å²) in [6.07, 6.45) is 0.261. The minimum atomic E-state index is -0.584. The molecule has 1 aromatic heterocycles. The van der Waals surface area contributed by atoms with Gasteiger partial charge in [-0.2, -0.15) is 0 Å². The van der Waals surface area contributed by atoms with Crippen LogP contribution in [0, 0.1) is 5.82 Å². The van der Waals surface area contributed by atoms with E-state index in [1.807, 2.05) is 24.4 Å². The minimum Gasteiger partial charge on any atom is -0.490 e. The lowest BCUT2D eigenvalue weighted by Gasteiger charge is -2.25. The second kappa shape index (κ2) is 8.77. The van der Waals surface area contributed by atoms with Crippen LogP contribution in [0.3, 0.4) is 0 Å². The molecule has 3 aromatic rings. The van der Waals surface area contributed by atoms with Crippen LogP contribution in [-0.4, -0.2) is 25.0 Å². The van der Waals surface area contributed by atoms with Gasteiger partial charge in [0.2, 0.25) is 5.91 Å². The third-order valence-corrected chi connectivity index (χ3v) is 6.09. The molecule has 160 valence electrons. The summed E-state index contributed by atoms with van der Waals surface area (Å²) in [5.41, 5.74) is 7.80. The van der Waals surface area contributed by atoms with E-state index in [0.717, 1.165) is 10.4 Å². The number of carbonyl (C=O) groups is 2. The van der Waals surface area contributed by atoms with E-state index in [9.17, 15) is 14.0 Å². The molecule has 8 heteroatoms. The van der Waals surface area contributed by atoms with Crippen LogP contribution in [-0.2, 0) is 9.59 Å². The monoisotopic (exact) mass is 440 g/mol. The van der Waals surface area contributed by atoms with Crippen LogP contribution >= 0.6 is 11.3 Å². The number of carbonyl (C=O) groups excluding carboxylic acids is 2. The summed E-state index contributed by atoms with van der Waals surface area (Å²) in [4.78, 5) is 24.5. The van der Waals surface area contributed by atoms with Gasteiger partial charge in [0, 0.05) is 33.7 Å². The number of hydrogen-bond acceptors (Lipinski definition) is 5. The summed E-state index contributed by atoms with van der Waals surface area (Å²) >= 11 is 1.48. The fourth-order valence-corrected chi connectivity index (χ4v) is 4.80. The highest BCUT2D eigenvalue weighted by Crippen LogP contribution is 2.48. The first-order valence-electron chi connectivity index (χ1n) is 9.82. The molecule has 1 atom stereocenters. The second-order valence-electron chi connectivity index (χ2n) is 7.07. The summed E-state index contributed by atoms with van der Waals surface area (Å²) in [7, 11) is 0. The summed E-state index contributed by atoms with van der Waals surface area (Å²) < 4.78 is 25.5. The van der Waals surface area contributed by atoms with E-state index in [4.69, 9.17) is 15.2 Å². The van der Waals surface area contributed by atoms with Gasteiger partial charge < -0.3 is 20.5 Å². The van der Waals surface area contributed by atoms with Crippen molar-refractivity contribution < 1.29 is 23.5 Å². The molecule has 0 spiro atoms. The maximum Gasteiger partial charge on any atom is 0.255 e. The Morgan fingerprint density at radius 3 is 2.74 bits per heavy atom. The highest BCUT2D eigenvalue weighted by Gasteiger charge is 2.31. The predicted molar refractivity (Wildman–Crippen MR) is 117 cm³/mol. The van der Waals surface area contributed by atoms with Crippen LogP contribution in [0.25, 0.3) is 11.1 Å². The van der Waals surface area contributed by atoms with Crippen molar-refractivity contribution in [2.75, 3.05) is 18.5 Å². The summed E-state index contributed by atoms with van der Waals surface area (Å²) in [5, 5.41) is 4.79. The number of amides is 2. The van der Waals surface area contributed by atoms with Crippen LogP contribution in [0.15, 0.2) is 47.8 Å². The third-order valence-electron chi connectivity index (χ3n) is 4.99. The van der Waals surface area contributed by atoms with Crippen LogP contribution < -0.4 is 20.5 Å². The molecule has 3 N–H and O–H groups in total. The number of hydrogen-bond donors (Lipinski definition) is 2. The number of halogens is 1. The van der Waals surface area contributed by atoms with Crippen LogP contribution in [0.1, 0.15) is 29.7 Å². The topological polar surface area (TPSA) is 90.7 Å². The van der Waals surface area contributed by atoms with E-state index >= 15 is 0 Å². The molecule has 1 aliphatic rings. The van der Waals surface area contributed by atoms with E-state index in [2.05, 4.69) is 5.32 Å². The first kappa shape index (κ1) is 20.9. The average Bonchev–Trinajstić information content (AvgIpc) is 3.16. The number of benzene rings is 2. The van der Waals surface area contributed by atoms with E-state index in [1.54, 1.807) is 24.3 Å². The Hall–Kier alpha value is -3.39. The molecule has 1 aliphatic heterocycles. The first-order valence-corrected chi connectivity index (χ1v) is 10.7. The number of nitrogens with one attached hydrogen (secondary N) is 1. The molecule has 31 heavy (non-hydrogen) atoms. The lowest BCUT2D eigenvalue weighted by molar-refractivity contribution is -0.120. The van der Waals surface area contributed by atoms with E-state index in [0.29, 0.717) is 34.9 Å². The van der Waals surface area contributed by atoms with Gasteiger partial charge in [0.25, 0.3) is 5.91 Å². The molecule has 4 rings (SSSR count). The van der Waals surface area contributed by atoms with E-state index in [-0.39, 0.29) is 30.7 Å². The normalized spacial score (nSPS) is 15.2. The predicted octanol–water partition coefficient (Wildman–Crippen LogP) is 4.29. The van der Waals surface area contributed by atoms with Crippen LogP contribution in [0.2, 0.25) is 0 Å². The number of nitrogens with two attached hydrogens (primary N) is 1. The van der Waals surface area contributed by atoms with Crippen molar-refractivity contribution in [2.24, 2.45) is 5.73 Å². The molecule has 0 saturated carbocycles. The quantitative estimate of drug-likeness (QED) is 0.573. The standard InChI is InChI=1S/C23H21FN2O4S/c1-2-29-19-9-13(7-8-18(19)30-11-20(25)27)15-10-21(28)26-22-16(12-31-23(15)22)14-5-3-4-6-17(14)24/h3-9,12,15H,2,10-11H2,1H3,(H2,25,27)(H,26,28)/t15-/m0/s1. The van der Waals surface area contributed by atoms with Crippen molar-refractivity contribution in [1.29, 1.82) is 0 Å². The van der Waals surface area contributed by atoms with Gasteiger partial charge in [-0.05, 0) is 30.7 Å².